The standard InChI is InChI=1S/C15H20ClNO3/c1-15(2,3)20-14(19)17-6-4-10-8-12(16)13(18)9-11(10)5-7-17/h8-9,18H,4-7H2,1-3H3. The summed E-state index contributed by atoms with van der Waals surface area (Å²) in [6.45, 7) is 6.76. The van der Waals surface area contributed by atoms with Gasteiger partial charge in [0.05, 0.1) is 5.02 Å². The second kappa shape index (κ2) is 5.52. The van der Waals surface area contributed by atoms with E-state index in [9.17, 15) is 9.90 Å². The molecule has 0 saturated carbocycles. The number of phenolic OH excluding ortho intramolecular Hbond substituents is 1. The van der Waals surface area contributed by atoms with Gasteiger partial charge in [-0.1, -0.05) is 11.6 Å². The quantitative estimate of drug-likeness (QED) is 0.798. The van der Waals surface area contributed by atoms with Crippen LogP contribution in [0.15, 0.2) is 12.1 Å². The molecule has 2 rings (SSSR count). The fourth-order valence-corrected chi connectivity index (χ4v) is 2.43. The van der Waals surface area contributed by atoms with Crippen LogP contribution in [-0.4, -0.2) is 34.8 Å². The summed E-state index contributed by atoms with van der Waals surface area (Å²) >= 11 is 5.93. The van der Waals surface area contributed by atoms with Gasteiger partial charge in [0.25, 0.3) is 0 Å². The molecular formula is C15H20ClNO3. The summed E-state index contributed by atoms with van der Waals surface area (Å²) in [4.78, 5) is 13.8. The van der Waals surface area contributed by atoms with E-state index in [1.54, 1.807) is 17.0 Å². The second-order valence-electron chi connectivity index (χ2n) is 6.04. The molecule has 0 aliphatic carbocycles. The molecule has 0 bridgehead atoms. The van der Waals surface area contributed by atoms with Gasteiger partial charge >= 0.3 is 6.09 Å². The van der Waals surface area contributed by atoms with E-state index in [-0.39, 0.29) is 11.8 Å². The average Bonchev–Trinajstić information content (AvgIpc) is 2.50. The Bertz CT molecular complexity index is 490. The lowest BCUT2D eigenvalue weighted by molar-refractivity contribution is 0.0258. The third-order valence-corrected chi connectivity index (χ3v) is 3.53. The largest absolute Gasteiger partial charge is 0.506 e. The number of carbonyl (C=O) groups is 1. The van der Waals surface area contributed by atoms with Crippen molar-refractivity contribution < 1.29 is 14.6 Å². The van der Waals surface area contributed by atoms with Crippen molar-refractivity contribution in [2.24, 2.45) is 0 Å². The number of nitrogens with zero attached hydrogens (tertiary/aromatic N) is 1. The summed E-state index contributed by atoms with van der Waals surface area (Å²) in [5.41, 5.74) is 1.63. The number of hydrogen-bond acceptors (Lipinski definition) is 3. The first-order valence-electron chi connectivity index (χ1n) is 6.74. The fraction of sp³-hybridized carbons (Fsp3) is 0.533. The highest BCUT2D eigenvalue weighted by atomic mass is 35.5. The Labute approximate surface area is 124 Å². The van der Waals surface area contributed by atoms with Gasteiger partial charge in [0.15, 0.2) is 0 Å². The molecule has 1 heterocycles. The maximum atomic E-state index is 12.1. The minimum Gasteiger partial charge on any atom is -0.506 e. The lowest BCUT2D eigenvalue weighted by atomic mass is 10.0. The van der Waals surface area contributed by atoms with Gasteiger partial charge in [-0.25, -0.2) is 4.79 Å². The van der Waals surface area contributed by atoms with Gasteiger partial charge in [-0.3, -0.25) is 0 Å². The lowest BCUT2D eigenvalue weighted by Gasteiger charge is -2.26. The van der Waals surface area contributed by atoms with Crippen molar-refractivity contribution in [2.75, 3.05) is 13.1 Å². The van der Waals surface area contributed by atoms with Crippen molar-refractivity contribution in [1.82, 2.24) is 4.90 Å². The summed E-state index contributed by atoms with van der Waals surface area (Å²) in [6.07, 6.45) is 1.12. The van der Waals surface area contributed by atoms with Gasteiger partial charge in [-0.05, 0) is 56.9 Å². The highest BCUT2D eigenvalue weighted by molar-refractivity contribution is 6.32. The Kier molecular flexibility index (Phi) is 4.14. The fourth-order valence-electron chi connectivity index (χ4n) is 2.24. The Balaban J connectivity index is 2.10. The minimum absolute atomic E-state index is 0.0936. The summed E-state index contributed by atoms with van der Waals surface area (Å²) < 4.78 is 5.39. The Morgan fingerprint density at radius 3 is 2.35 bits per heavy atom. The number of fused-ring (bicyclic) bond motifs is 1. The van der Waals surface area contributed by atoms with Crippen LogP contribution in [0.1, 0.15) is 31.9 Å². The van der Waals surface area contributed by atoms with E-state index >= 15 is 0 Å². The maximum Gasteiger partial charge on any atom is 0.410 e. The van der Waals surface area contributed by atoms with Crippen LogP contribution in [0.4, 0.5) is 4.79 Å². The van der Waals surface area contributed by atoms with E-state index in [2.05, 4.69) is 0 Å². The van der Waals surface area contributed by atoms with Gasteiger partial charge in [0.2, 0.25) is 0 Å². The number of ether oxygens (including phenoxy) is 1. The molecule has 0 radical (unpaired) electrons. The van der Waals surface area contributed by atoms with Crippen molar-refractivity contribution in [2.45, 2.75) is 39.2 Å². The van der Waals surface area contributed by atoms with Crippen LogP contribution in [-0.2, 0) is 17.6 Å². The average molecular weight is 298 g/mol. The number of carbonyl (C=O) groups excluding carboxylic acids is 1. The molecule has 20 heavy (non-hydrogen) atoms. The number of phenols is 1. The summed E-state index contributed by atoms with van der Waals surface area (Å²) in [6, 6.07) is 3.47. The molecule has 1 aromatic rings. The first-order valence-corrected chi connectivity index (χ1v) is 7.12. The smallest absolute Gasteiger partial charge is 0.410 e. The van der Waals surface area contributed by atoms with Crippen molar-refractivity contribution in [3.05, 3.63) is 28.3 Å². The van der Waals surface area contributed by atoms with Gasteiger partial charge in [0, 0.05) is 13.1 Å². The van der Waals surface area contributed by atoms with Crippen molar-refractivity contribution in [1.29, 1.82) is 0 Å². The Hall–Kier alpha value is -1.42. The summed E-state index contributed by atoms with van der Waals surface area (Å²) in [5, 5.41) is 10.0. The first-order chi connectivity index (χ1) is 9.26. The van der Waals surface area contributed by atoms with Crippen LogP contribution >= 0.6 is 11.6 Å². The third kappa shape index (κ3) is 3.57. The predicted octanol–water partition coefficient (Wildman–Crippen LogP) is 3.38. The van der Waals surface area contributed by atoms with Crippen LogP contribution in [0.25, 0.3) is 0 Å². The molecule has 1 aliphatic rings. The van der Waals surface area contributed by atoms with Gasteiger partial charge < -0.3 is 14.7 Å². The van der Waals surface area contributed by atoms with E-state index in [1.165, 1.54) is 0 Å². The number of rotatable bonds is 0. The van der Waals surface area contributed by atoms with Crippen LogP contribution in [0.3, 0.4) is 0 Å². The van der Waals surface area contributed by atoms with Crippen LogP contribution < -0.4 is 0 Å². The van der Waals surface area contributed by atoms with Crippen molar-refractivity contribution >= 4 is 17.7 Å². The summed E-state index contributed by atoms with van der Waals surface area (Å²) in [7, 11) is 0. The van der Waals surface area contributed by atoms with Crippen LogP contribution in [0, 0.1) is 0 Å². The van der Waals surface area contributed by atoms with Gasteiger partial charge in [-0.15, -0.1) is 0 Å². The first kappa shape index (κ1) is 15.0. The van der Waals surface area contributed by atoms with Gasteiger partial charge in [0.1, 0.15) is 11.4 Å². The number of benzene rings is 1. The second-order valence-corrected chi connectivity index (χ2v) is 6.45. The molecule has 110 valence electrons. The molecule has 0 atom stereocenters. The SMILES string of the molecule is CC(C)(C)OC(=O)N1CCc2cc(O)c(Cl)cc2CC1. The number of halogens is 1. The van der Waals surface area contributed by atoms with Crippen molar-refractivity contribution in [3.8, 4) is 5.75 Å². The Morgan fingerprint density at radius 2 is 1.80 bits per heavy atom. The minimum atomic E-state index is -0.488. The van der Waals surface area contributed by atoms with Crippen LogP contribution in [0.2, 0.25) is 5.02 Å². The molecule has 1 N–H and O–H groups in total. The monoisotopic (exact) mass is 297 g/mol. The zero-order valence-electron chi connectivity index (χ0n) is 12.1. The molecule has 0 spiro atoms. The van der Waals surface area contributed by atoms with Crippen molar-refractivity contribution in [3.63, 3.8) is 0 Å². The zero-order chi connectivity index (χ0) is 14.9. The molecular weight excluding hydrogens is 278 g/mol. The van der Waals surface area contributed by atoms with E-state index < -0.39 is 5.60 Å². The van der Waals surface area contributed by atoms with E-state index in [4.69, 9.17) is 16.3 Å². The normalized spacial score (nSPS) is 15.5. The maximum absolute atomic E-state index is 12.1. The molecule has 0 aromatic heterocycles. The molecule has 4 nitrogen and oxygen atoms in total. The highest BCUT2D eigenvalue weighted by Gasteiger charge is 2.24. The molecule has 1 aromatic carbocycles. The third-order valence-electron chi connectivity index (χ3n) is 3.22. The van der Waals surface area contributed by atoms with E-state index in [0.29, 0.717) is 31.0 Å². The number of hydrogen-bond donors (Lipinski definition) is 1. The number of aromatic hydroxyl groups is 1. The molecule has 5 heteroatoms. The topological polar surface area (TPSA) is 49.8 Å². The van der Waals surface area contributed by atoms with Gasteiger partial charge in [-0.2, -0.15) is 0 Å². The summed E-state index contributed by atoms with van der Waals surface area (Å²) in [5.74, 6) is 0.0936. The molecule has 0 saturated heterocycles. The molecule has 0 fully saturated rings. The van der Waals surface area contributed by atoms with E-state index in [0.717, 1.165) is 11.1 Å². The highest BCUT2D eigenvalue weighted by Crippen LogP contribution is 2.29. The Morgan fingerprint density at radius 1 is 1.25 bits per heavy atom. The predicted molar refractivity (Wildman–Crippen MR) is 78.3 cm³/mol. The molecule has 1 amide bonds. The molecule has 1 aliphatic heterocycles. The molecule has 0 unspecified atom stereocenters. The van der Waals surface area contributed by atoms with Crippen LogP contribution in [0.5, 0.6) is 5.75 Å². The lowest BCUT2D eigenvalue weighted by Crippen LogP contribution is -2.38. The van der Waals surface area contributed by atoms with E-state index in [1.807, 2.05) is 20.8 Å². The number of amides is 1. The zero-order valence-corrected chi connectivity index (χ0v) is 12.8.